The average molecular weight is 326 g/mol. The van der Waals surface area contributed by atoms with Crippen molar-refractivity contribution in [1.29, 1.82) is 0 Å². The molecule has 1 unspecified atom stereocenters. The van der Waals surface area contributed by atoms with E-state index in [9.17, 15) is 4.79 Å². The van der Waals surface area contributed by atoms with E-state index in [1.165, 1.54) is 0 Å². The SMILES string of the molecule is NC(=O)C1c2ccccc2-c2c(-c3nc4ccncc4[nH]3)cccc21. The summed E-state index contributed by atoms with van der Waals surface area (Å²) in [5, 5.41) is 0. The number of imidazole rings is 1. The molecule has 5 nitrogen and oxygen atoms in total. The third-order valence-corrected chi connectivity index (χ3v) is 4.77. The highest BCUT2D eigenvalue weighted by Gasteiger charge is 2.34. The summed E-state index contributed by atoms with van der Waals surface area (Å²) in [5.74, 6) is 0.00845. The zero-order chi connectivity index (χ0) is 17.0. The number of nitrogens with two attached hydrogens (primary N) is 1. The zero-order valence-corrected chi connectivity index (χ0v) is 13.2. The molecule has 0 radical (unpaired) electrons. The van der Waals surface area contributed by atoms with Gasteiger partial charge in [0.25, 0.3) is 0 Å². The van der Waals surface area contributed by atoms with E-state index in [-0.39, 0.29) is 5.91 Å². The Morgan fingerprint density at radius 2 is 1.80 bits per heavy atom. The molecule has 4 aromatic rings. The van der Waals surface area contributed by atoms with Gasteiger partial charge >= 0.3 is 0 Å². The molecule has 1 aliphatic rings. The minimum absolute atomic E-state index is 0.336. The van der Waals surface area contributed by atoms with E-state index in [0.717, 1.165) is 44.7 Å². The summed E-state index contributed by atoms with van der Waals surface area (Å²) in [6, 6.07) is 15.7. The summed E-state index contributed by atoms with van der Waals surface area (Å²) in [4.78, 5) is 24.3. The fraction of sp³-hybridized carbons (Fsp3) is 0.0500. The van der Waals surface area contributed by atoms with Crippen molar-refractivity contribution in [3.8, 4) is 22.5 Å². The molecule has 5 rings (SSSR count). The maximum absolute atomic E-state index is 12.1. The maximum Gasteiger partial charge on any atom is 0.229 e. The Morgan fingerprint density at radius 3 is 2.64 bits per heavy atom. The van der Waals surface area contributed by atoms with Crippen molar-refractivity contribution >= 4 is 16.9 Å². The number of primary amides is 1. The number of fused-ring (bicyclic) bond motifs is 4. The van der Waals surface area contributed by atoms with Crippen molar-refractivity contribution in [3.63, 3.8) is 0 Å². The van der Waals surface area contributed by atoms with E-state index in [1.54, 1.807) is 12.4 Å². The number of benzene rings is 2. The lowest BCUT2D eigenvalue weighted by Gasteiger charge is -2.09. The molecule has 0 saturated carbocycles. The predicted octanol–water partition coefficient (Wildman–Crippen LogP) is 3.22. The van der Waals surface area contributed by atoms with Gasteiger partial charge in [-0.05, 0) is 28.3 Å². The third-order valence-electron chi connectivity index (χ3n) is 4.77. The topological polar surface area (TPSA) is 84.7 Å². The van der Waals surface area contributed by atoms with Crippen LogP contribution in [0.5, 0.6) is 0 Å². The molecule has 0 aliphatic heterocycles. The molecule has 0 spiro atoms. The minimum atomic E-state index is -0.419. The van der Waals surface area contributed by atoms with Crippen molar-refractivity contribution in [2.75, 3.05) is 0 Å². The smallest absolute Gasteiger partial charge is 0.229 e. The standard InChI is InChI=1S/C20H14N4O/c21-19(25)18-12-5-2-1-4-11(12)17-13(18)6-3-7-14(17)20-23-15-8-9-22-10-16(15)24-20/h1-10,18H,(H2,21,25)(H,23,24). The van der Waals surface area contributed by atoms with Crippen LogP contribution in [0.4, 0.5) is 0 Å². The number of H-pyrrole nitrogens is 1. The number of carbonyl (C=O) groups excluding carboxylic acids is 1. The quantitative estimate of drug-likeness (QED) is 0.593. The van der Waals surface area contributed by atoms with Crippen LogP contribution in [0.3, 0.4) is 0 Å². The van der Waals surface area contributed by atoms with E-state index in [0.29, 0.717) is 0 Å². The number of nitrogens with zero attached hydrogens (tertiary/aromatic N) is 2. The first-order chi connectivity index (χ1) is 12.2. The minimum Gasteiger partial charge on any atom is -0.369 e. The molecule has 0 bridgehead atoms. The molecule has 2 aromatic carbocycles. The van der Waals surface area contributed by atoms with Gasteiger partial charge in [-0.1, -0.05) is 42.5 Å². The Kier molecular flexibility index (Phi) is 2.79. The largest absolute Gasteiger partial charge is 0.369 e. The van der Waals surface area contributed by atoms with Gasteiger partial charge in [0.05, 0.1) is 23.1 Å². The number of rotatable bonds is 2. The molecule has 5 heteroatoms. The lowest BCUT2D eigenvalue weighted by molar-refractivity contribution is -0.118. The summed E-state index contributed by atoms with van der Waals surface area (Å²) in [7, 11) is 0. The second kappa shape index (κ2) is 5.01. The highest BCUT2D eigenvalue weighted by Crippen LogP contribution is 2.48. The van der Waals surface area contributed by atoms with Gasteiger partial charge in [0, 0.05) is 11.8 Å². The molecule has 1 amide bonds. The molecule has 120 valence electrons. The highest BCUT2D eigenvalue weighted by atomic mass is 16.1. The van der Waals surface area contributed by atoms with Gasteiger partial charge in [0.1, 0.15) is 5.82 Å². The number of aromatic nitrogens is 3. The molecular formula is C20H14N4O. The first-order valence-corrected chi connectivity index (χ1v) is 8.05. The molecule has 2 heterocycles. The van der Waals surface area contributed by atoms with Crippen LogP contribution in [-0.2, 0) is 4.79 Å². The van der Waals surface area contributed by atoms with Gasteiger partial charge in [0.2, 0.25) is 5.91 Å². The zero-order valence-electron chi connectivity index (χ0n) is 13.2. The summed E-state index contributed by atoms with van der Waals surface area (Å²) < 4.78 is 0. The average Bonchev–Trinajstić information content (AvgIpc) is 3.20. The van der Waals surface area contributed by atoms with E-state index < -0.39 is 5.92 Å². The van der Waals surface area contributed by atoms with Gasteiger partial charge in [-0.3, -0.25) is 9.78 Å². The van der Waals surface area contributed by atoms with Crippen LogP contribution in [0.25, 0.3) is 33.5 Å². The van der Waals surface area contributed by atoms with Crippen molar-refractivity contribution in [1.82, 2.24) is 15.0 Å². The number of aromatic amines is 1. The fourth-order valence-corrected chi connectivity index (χ4v) is 3.74. The van der Waals surface area contributed by atoms with Crippen LogP contribution in [0.15, 0.2) is 60.9 Å². The number of hydrogen-bond donors (Lipinski definition) is 2. The molecule has 25 heavy (non-hydrogen) atoms. The lowest BCUT2D eigenvalue weighted by Crippen LogP contribution is -2.20. The Bertz CT molecular complexity index is 1110. The van der Waals surface area contributed by atoms with Gasteiger partial charge < -0.3 is 10.7 Å². The van der Waals surface area contributed by atoms with Crippen molar-refractivity contribution < 1.29 is 4.79 Å². The summed E-state index contributed by atoms with van der Waals surface area (Å²) in [6.07, 6.45) is 3.48. The second-order valence-corrected chi connectivity index (χ2v) is 6.17. The van der Waals surface area contributed by atoms with Crippen LogP contribution >= 0.6 is 0 Å². The Hall–Kier alpha value is -3.47. The predicted molar refractivity (Wildman–Crippen MR) is 95.8 cm³/mol. The molecule has 1 aliphatic carbocycles. The number of hydrogen-bond acceptors (Lipinski definition) is 3. The number of pyridine rings is 1. The second-order valence-electron chi connectivity index (χ2n) is 6.17. The third kappa shape index (κ3) is 1.92. The van der Waals surface area contributed by atoms with Gasteiger partial charge in [-0.25, -0.2) is 4.98 Å². The van der Waals surface area contributed by atoms with Crippen LogP contribution in [0.2, 0.25) is 0 Å². The Balaban J connectivity index is 1.82. The maximum atomic E-state index is 12.1. The van der Waals surface area contributed by atoms with Crippen LogP contribution in [0, 0.1) is 0 Å². The van der Waals surface area contributed by atoms with Crippen LogP contribution in [-0.4, -0.2) is 20.9 Å². The van der Waals surface area contributed by atoms with E-state index in [2.05, 4.69) is 9.97 Å². The Labute approximate surface area is 143 Å². The molecule has 1 atom stereocenters. The highest BCUT2D eigenvalue weighted by molar-refractivity contribution is 6.00. The first-order valence-electron chi connectivity index (χ1n) is 8.05. The molecule has 0 fully saturated rings. The van der Waals surface area contributed by atoms with Crippen molar-refractivity contribution in [2.24, 2.45) is 5.73 Å². The van der Waals surface area contributed by atoms with Gasteiger partial charge in [-0.2, -0.15) is 0 Å². The van der Waals surface area contributed by atoms with E-state index >= 15 is 0 Å². The van der Waals surface area contributed by atoms with Crippen LogP contribution < -0.4 is 5.73 Å². The summed E-state index contributed by atoms with van der Waals surface area (Å²) in [6.45, 7) is 0. The van der Waals surface area contributed by atoms with Gasteiger partial charge in [-0.15, -0.1) is 0 Å². The summed E-state index contributed by atoms with van der Waals surface area (Å²) in [5.41, 5.74) is 12.4. The lowest BCUT2D eigenvalue weighted by atomic mass is 9.95. The van der Waals surface area contributed by atoms with E-state index in [4.69, 9.17) is 10.7 Å². The normalized spacial score (nSPS) is 15.1. The van der Waals surface area contributed by atoms with Gasteiger partial charge in [0.15, 0.2) is 0 Å². The van der Waals surface area contributed by atoms with Crippen LogP contribution in [0.1, 0.15) is 17.0 Å². The monoisotopic (exact) mass is 326 g/mol. The first kappa shape index (κ1) is 13.9. The number of nitrogens with one attached hydrogen (secondary N) is 1. The Morgan fingerprint density at radius 1 is 1.00 bits per heavy atom. The molecule has 3 N–H and O–H groups in total. The number of amides is 1. The fourth-order valence-electron chi connectivity index (χ4n) is 3.74. The van der Waals surface area contributed by atoms with Crippen molar-refractivity contribution in [3.05, 3.63) is 72.1 Å². The number of carbonyl (C=O) groups is 1. The molecule has 2 aromatic heterocycles. The summed E-state index contributed by atoms with van der Waals surface area (Å²) >= 11 is 0. The van der Waals surface area contributed by atoms with E-state index in [1.807, 2.05) is 48.5 Å². The molecule has 0 saturated heterocycles. The van der Waals surface area contributed by atoms with Crippen molar-refractivity contribution in [2.45, 2.75) is 5.92 Å². The molecular weight excluding hydrogens is 312 g/mol.